The fourth-order valence-electron chi connectivity index (χ4n) is 3.03. The van der Waals surface area contributed by atoms with Gasteiger partial charge in [-0.2, -0.15) is 0 Å². The van der Waals surface area contributed by atoms with Crippen LogP contribution in [0, 0.1) is 11.8 Å². The predicted octanol–water partition coefficient (Wildman–Crippen LogP) is 2.52. The third kappa shape index (κ3) is 9.09. The number of methoxy groups -OCH3 is 3. The summed E-state index contributed by atoms with van der Waals surface area (Å²) >= 11 is 0. The lowest BCUT2D eigenvalue weighted by molar-refractivity contribution is -0.194. The largest absolute Gasteiger partial charge is 0.469 e. The Kier molecular flexibility index (Phi) is 12.7. The van der Waals surface area contributed by atoms with Crippen molar-refractivity contribution in [1.29, 1.82) is 0 Å². The van der Waals surface area contributed by atoms with Crippen LogP contribution in [0.3, 0.4) is 0 Å². The lowest BCUT2D eigenvalue weighted by Crippen LogP contribution is -2.49. The number of esters is 1. The maximum absolute atomic E-state index is 11.8. The van der Waals surface area contributed by atoms with Crippen molar-refractivity contribution < 1.29 is 33.6 Å². The van der Waals surface area contributed by atoms with Crippen molar-refractivity contribution in [3.63, 3.8) is 0 Å². The molecule has 0 aliphatic heterocycles. The molecule has 4 atom stereocenters. The molecule has 0 aromatic carbocycles. The van der Waals surface area contributed by atoms with E-state index in [1.165, 1.54) is 19.8 Å². The standard InChI is InChI=1S/C19H36O7/c1-14(8-9-25-12-22-5)10-15(2)11-19(4,26-13-23-6)17(20)16(3)18(21)24-7/h8,15-17,20H,9-13H2,1-7H3/b14-8+. The number of aliphatic hydroxyl groups excluding tert-OH is 1. The summed E-state index contributed by atoms with van der Waals surface area (Å²) in [7, 11) is 4.41. The van der Waals surface area contributed by atoms with Crippen LogP contribution in [0.5, 0.6) is 0 Å². The van der Waals surface area contributed by atoms with Crippen molar-refractivity contribution >= 4 is 5.97 Å². The fraction of sp³-hybridized carbons (Fsp3) is 0.842. The first-order chi connectivity index (χ1) is 12.2. The fourth-order valence-corrected chi connectivity index (χ4v) is 3.03. The van der Waals surface area contributed by atoms with Crippen LogP contribution in [0.1, 0.15) is 40.5 Å². The van der Waals surface area contributed by atoms with Gasteiger partial charge in [-0.05, 0) is 39.5 Å². The van der Waals surface area contributed by atoms with Gasteiger partial charge in [0.15, 0.2) is 0 Å². The van der Waals surface area contributed by atoms with Gasteiger partial charge < -0.3 is 28.8 Å². The van der Waals surface area contributed by atoms with Gasteiger partial charge in [-0.1, -0.05) is 18.6 Å². The number of rotatable bonds is 14. The minimum atomic E-state index is -1.01. The van der Waals surface area contributed by atoms with Crippen molar-refractivity contribution in [1.82, 2.24) is 0 Å². The lowest BCUT2D eigenvalue weighted by atomic mass is 9.81. The van der Waals surface area contributed by atoms with Gasteiger partial charge in [-0.25, -0.2) is 0 Å². The Morgan fingerprint density at radius 1 is 1.15 bits per heavy atom. The van der Waals surface area contributed by atoms with Gasteiger partial charge in [0, 0.05) is 14.2 Å². The van der Waals surface area contributed by atoms with Gasteiger partial charge in [0.25, 0.3) is 0 Å². The van der Waals surface area contributed by atoms with E-state index >= 15 is 0 Å². The van der Waals surface area contributed by atoms with Gasteiger partial charge in [0.2, 0.25) is 0 Å². The van der Waals surface area contributed by atoms with Crippen LogP contribution in [0.15, 0.2) is 11.6 Å². The van der Waals surface area contributed by atoms with Crippen LogP contribution >= 0.6 is 0 Å². The molecule has 7 nitrogen and oxygen atoms in total. The molecule has 4 unspecified atom stereocenters. The van der Waals surface area contributed by atoms with E-state index < -0.39 is 23.6 Å². The second-order valence-electron chi connectivity index (χ2n) is 6.96. The third-order valence-electron chi connectivity index (χ3n) is 4.35. The Morgan fingerprint density at radius 3 is 2.31 bits per heavy atom. The molecule has 0 heterocycles. The first-order valence-corrected chi connectivity index (χ1v) is 8.82. The summed E-state index contributed by atoms with van der Waals surface area (Å²) in [5.74, 6) is -0.952. The first kappa shape index (κ1) is 25.0. The summed E-state index contributed by atoms with van der Waals surface area (Å²) in [5.41, 5.74) is 0.244. The molecule has 0 aliphatic carbocycles. The predicted molar refractivity (Wildman–Crippen MR) is 98.5 cm³/mol. The lowest BCUT2D eigenvalue weighted by Gasteiger charge is -2.38. The molecule has 0 radical (unpaired) electrons. The second kappa shape index (κ2) is 13.2. The summed E-state index contributed by atoms with van der Waals surface area (Å²) in [6, 6.07) is 0. The van der Waals surface area contributed by atoms with E-state index in [4.69, 9.17) is 23.7 Å². The highest BCUT2D eigenvalue weighted by molar-refractivity contribution is 5.72. The number of carbonyl (C=O) groups excluding carboxylic acids is 1. The van der Waals surface area contributed by atoms with E-state index in [1.807, 2.05) is 13.0 Å². The van der Waals surface area contributed by atoms with Crippen molar-refractivity contribution in [2.45, 2.75) is 52.2 Å². The van der Waals surface area contributed by atoms with E-state index in [1.54, 1.807) is 21.0 Å². The minimum Gasteiger partial charge on any atom is -0.469 e. The van der Waals surface area contributed by atoms with Crippen LogP contribution < -0.4 is 0 Å². The number of hydrogen-bond donors (Lipinski definition) is 1. The summed E-state index contributed by atoms with van der Waals surface area (Å²) < 4.78 is 25.6. The zero-order valence-corrected chi connectivity index (χ0v) is 17.2. The van der Waals surface area contributed by atoms with Crippen LogP contribution in [-0.2, 0) is 28.5 Å². The molecular formula is C19H36O7. The van der Waals surface area contributed by atoms with Crippen LogP contribution in [0.2, 0.25) is 0 Å². The minimum absolute atomic E-state index is 0.0356. The molecule has 0 amide bonds. The maximum atomic E-state index is 11.8. The molecule has 7 heteroatoms. The molecule has 0 saturated heterocycles. The maximum Gasteiger partial charge on any atom is 0.311 e. The van der Waals surface area contributed by atoms with Crippen molar-refractivity contribution in [3.8, 4) is 0 Å². The molecule has 0 aromatic rings. The zero-order chi connectivity index (χ0) is 20.2. The van der Waals surface area contributed by atoms with Gasteiger partial charge in [-0.3, -0.25) is 4.79 Å². The molecule has 0 bridgehead atoms. The topological polar surface area (TPSA) is 83.5 Å². The molecule has 0 spiro atoms. The summed E-state index contributed by atoms with van der Waals surface area (Å²) in [6.45, 7) is 8.34. The molecule has 0 aromatic heterocycles. The van der Waals surface area contributed by atoms with E-state index in [2.05, 4.69) is 6.92 Å². The number of carbonyl (C=O) groups is 1. The Morgan fingerprint density at radius 2 is 1.77 bits per heavy atom. The van der Waals surface area contributed by atoms with Gasteiger partial charge in [0.1, 0.15) is 13.6 Å². The highest BCUT2D eigenvalue weighted by Gasteiger charge is 2.41. The summed E-state index contributed by atoms with van der Waals surface area (Å²) in [4.78, 5) is 11.8. The van der Waals surface area contributed by atoms with E-state index in [9.17, 15) is 9.90 Å². The SMILES string of the molecule is COCOC/C=C(\C)CC(C)CC(C)(OCOC)C(O)C(C)C(=O)OC. The van der Waals surface area contributed by atoms with Crippen LogP contribution in [0.4, 0.5) is 0 Å². The number of hydrogen-bond acceptors (Lipinski definition) is 7. The molecule has 26 heavy (non-hydrogen) atoms. The average Bonchev–Trinajstić information content (AvgIpc) is 2.61. The number of allylic oxidation sites excluding steroid dienone is 1. The molecule has 154 valence electrons. The Labute approximate surface area is 157 Å². The second-order valence-corrected chi connectivity index (χ2v) is 6.96. The average molecular weight is 376 g/mol. The number of ether oxygens (including phenoxy) is 5. The quantitative estimate of drug-likeness (QED) is 0.216. The normalized spacial score (nSPS) is 18.1. The highest BCUT2D eigenvalue weighted by Crippen LogP contribution is 2.32. The Bertz CT molecular complexity index is 424. The highest BCUT2D eigenvalue weighted by atomic mass is 16.7. The molecule has 0 saturated carbocycles. The van der Waals surface area contributed by atoms with Gasteiger partial charge in [-0.15, -0.1) is 0 Å². The molecular weight excluding hydrogens is 340 g/mol. The van der Waals surface area contributed by atoms with Crippen LogP contribution in [0.25, 0.3) is 0 Å². The molecule has 0 rings (SSSR count). The summed E-state index contributed by atoms with van der Waals surface area (Å²) in [5, 5.41) is 10.7. The Balaban J connectivity index is 4.93. The smallest absolute Gasteiger partial charge is 0.311 e. The zero-order valence-electron chi connectivity index (χ0n) is 17.2. The molecule has 1 N–H and O–H groups in total. The van der Waals surface area contributed by atoms with Gasteiger partial charge >= 0.3 is 5.97 Å². The van der Waals surface area contributed by atoms with Crippen LogP contribution in [-0.4, -0.2) is 64.3 Å². The van der Waals surface area contributed by atoms with Crippen molar-refractivity contribution in [3.05, 3.63) is 11.6 Å². The van der Waals surface area contributed by atoms with Crippen molar-refractivity contribution in [2.75, 3.05) is 41.5 Å². The first-order valence-electron chi connectivity index (χ1n) is 8.82. The van der Waals surface area contributed by atoms with Gasteiger partial charge in [0.05, 0.1) is 31.3 Å². The molecule has 0 aliphatic rings. The van der Waals surface area contributed by atoms with Crippen molar-refractivity contribution in [2.24, 2.45) is 11.8 Å². The monoisotopic (exact) mass is 376 g/mol. The third-order valence-corrected chi connectivity index (χ3v) is 4.35. The van der Waals surface area contributed by atoms with E-state index in [0.29, 0.717) is 13.0 Å². The number of aliphatic hydroxyl groups is 1. The van der Waals surface area contributed by atoms with E-state index in [-0.39, 0.29) is 19.5 Å². The molecule has 0 fully saturated rings. The summed E-state index contributed by atoms with van der Waals surface area (Å²) in [6.07, 6.45) is 2.38. The Hall–Kier alpha value is -0.990. The van der Waals surface area contributed by atoms with E-state index in [0.717, 1.165) is 6.42 Å².